The molecule has 10 heteroatoms. The third-order valence-electron chi connectivity index (χ3n) is 6.19. The van der Waals surface area contributed by atoms with Crippen molar-refractivity contribution in [2.45, 2.75) is 37.1 Å². The van der Waals surface area contributed by atoms with Gasteiger partial charge in [-0.2, -0.15) is 5.10 Å². The molecule has 2 aromatic rings. The van der Waals surface area contributed by atoms with Crippen LogP contribution in [0.25, 0.3) is 0 Å². The van der Waals surface area contributed by atoms with Gasteiger partial charge >= 0.3 is 0 Å². The van der Waals surface area contributed by atoms with Crippen LogP contribution in [-0.4, -0.2) is 72.4 Å². The molecule has 35 heavy (non-hydrogen) atoms. The Kier molecular flexibility index (Phi) is 8.95. The zero-order chi connectivity index (χ0) is 24.6. The van der Waals surface area contributed by atoms with Gasteiger partial charge in [-0.3, -0.25) is 9.21 Å². The van der Waals surface area contributed by atoms with Crippen molar-refractivity contribution in [2.24, 2.45) is 10.2 Å². The van der Waals surface area contributed by atoms with Gasteiger partial charge in [-0.25, -0.2) is 13.0 Å². The number of hydrogen-bond donors (Lipinski definition) is 0. The topological polar surface area (TPSA) is 66.7 Å². The maximum Gasteiger partial charge on any atom is 0.272 e. The highest BCUT2D eigenvalue weighted by Crippen LogP contribution is 2.27. The minimum atomic E-state index is -2.62. The summed E-state index contributed by atoms with van der Waals surface area (Å²) >= 11 is 0. The Bertz CT molecular complexity index is 1010. The van der Waals surface area contributed by atoms with E-state index in [0.717, 1.165) is 50.4 Å². The lowest BCUT2D eigenvalue weighted by Gasteiger charge is -2.42. The molecule has 2 aliphatic rings. The number of anilines is 1. The zero-order valence-corrected chi connectivity index (χ0v) is 20.3. The minimum absolute atomic E-state index is 0.0148. The minimum Gasteiger partial charge on any atom is -0.470 e. The molecule has 0 aliphatic carbocycles. The van der Waals surface area contributed by atoms with Gasteiger partial charge in [-0.05, 0) is 55.8 Å². The molecule has 1 unspecified atom stereocenters. The molecule has 0 aromatic heterocycles. The second kappa shape index (κ2) is 12.3. The fraction of sp³-hybridized carbons (Fsp3) is 0.440. The van der Waals surface area contributed by atoms with Crippen molar-refractivity contribution >= 4 is 29.3 Å². The van der Waals surface area contributed by atoms with E-state index in [4.69, 9.17) is 9.47 Å². The van der Waals surface area contributed by atoms with Crippen molar-refractivity contribution in [3.05, 3.63) is 65.7 Å². The Labute approximate surface area is 207 Å². The summed E-state index contributed by atoms with van der Waals surface area (Å²) in [7, 11) is -1.21. The number of para-hydroxylation sites is 1. The maximum atomic E-state index is 13.7. The zero-order valence-electron chi connectivity index (χ0n) is 19.5. The fourth-order valence-electron chi connectivity index (χ4n) is 4.20. The number of nitrogens with zero attached hydrogens (tertiary/aromatic N) is 4. The molecule has 0 saturated carbocycles. The Morgan fingerprint density at radius 1 is 1.14 bits per heavy atom. The van der Waals surface area contributed by atoms with Crippen LogP contribution in [0.4, 0.5) is 14.5 Å². The molecule has 0 amide bonds. The van der Waals surface area contributed by atoms with Crippen LogP contribution in [0.5, 0.6) is 0 Å². The van der Waals surface area contributed by atoms with Crippen molar-refractivity contribution in [1.29, 1.82) is 0 Å². The number of rotatable bonds is 10. The van der Waals surface area contributed by atoms with Crippen LogP contribution < -0.4 is 4.31 Å². The summed E-state index contributed by atoms with van der Waals surface area (Å²) in [6.07, 6.45) is -0.865. The maximum absolute atomic E-state index is 13.7. The van der Waals surface area contributed by atoms with E-state index < -0.39 is 24.0 Å². The summed E-state index contributed by atoms with van der Waals surface area (Å²) in [5.41, 5.74) is 2.33. The number of ether oxygens (including phenoxy) is 2. The van der Waals surface area contributed by atoms with Gasteiger partial charge in [0.05, 0.1) is 31.1 Å². The van der Waals surface area contributed by atoms with Crippen molar-refractivity contribution in [2.75, 3.05) is 37.2 Å². The molecule has 2 aliphatic heterocycles. The van der Waals surface area contributed by atoms with E-state index in [0.29, 0.717) is 18.2 Å². The van der Waals surface area contributed by atoms with Crippen LogP contribution in [0.15, 0.2) is 64.8 Å². The normalized spacial score (nSPS) is 18.8. The molecular formula is C25H30F2N4O3S. The molecule has 188 valence electrons. The average Bonchev–Trinajstić information content (AvgIpc) is 2.85. The van der Waals surface area contributed by atoms with Gasteiger partial charge in [-0.1, -0.05) is 30.3 Å². The molecule has 0 radical (unpaired) electrons. The van der Waals surface area contributed by atoms with Crippen molar-refractivity contribution in [3.63, 3.8) is 0 Å². The van der Waals surface area contributed by atoms with Crippen LogP contribution in [0.1, 0.15) is 24.0 Å². The van der Waals surface area contributed by atoms with Crippen LogP contribution in [0.3, 0.4) is 0 Å². The lowest BCUT2D eigenvalue weighted by molar-refractivity contribution is -0.0694. The highest BCUT2D eigenvalue weighted by atomic mass is 32.2. The number of piperidine rings is 1. The first kappa shape index (κ1) is 25.4. The number of alkyl halides is 2. The summed E-state index contributed by atoms with van der Waals surface area (Å²) in [5.74, 6) is -0.0148. The first-order valence-corrected chi connectivity index (χ1v) is 12.8. The highest BCUT2D eigenvalue weighted by Gasteiger charge is 2.33. The molecule has 2 saturated heterocycles. The smallest absolute Gasteiger partial charge is 0.272 e. The van der Waals surface area contributed by atoms with E-state index in [2.05, 4.69) is 21.8 Å². The second-order valence-electron chi connectivity index (χ2n) is 8.52. The quantitative estimate of drug-likeness (QED) is 0.280. The standard InChI is InChI=1S/C25H30F2N4O3S/c1-28-29-25(34-18-24(26)27)20-9-7-19(8-10-20)15-31(21-5-3-2-4-6-21)35(32)23-11-13-30(14-12-23)22-16-33-17-22/h2-10,22-24H,1,11-18H2/b29-25-. The molecule has 0 spiro atoms. The van der Waals surface area contributed by atoms with Crippen molar-refractivity contribution < 1.29 is 22.5 Å². The Hall–Kier alpha value is -2.69. The SMILES string of the molecule is C=N/N=C(\OCC(F)F)c1ccc(CN(c2ccccc2)S(=O)C2CCN(C3COC3)CC2)cc1. The van der Waals surface area contributed by atoms with Gasteiger partial charge < -0.3 is 9.47 Å². The molecule has 2 aromatic carbocycles. The van der Waals surface area contributed by atoms with Crippen LogP contribution in [0.2, 0.25) is 0 Å². The van der Waals surface area contributed by atoms with E-state index in [1.54, 1.807) is 12.1 Å². The lowest BCUT2D eigenvalue weighted by Crippen LogP contribution is -2.53. The Morgan fingerprint density at radius 3 is 2.40 bits per heavy atom. The molecule has 1 atom stereocenters. The van der Waals surface area contributed by atoms with E-state index in [1.165, 1.54) is 0 Å². The Morgan fingerprint density at radius 2 is 1.83 bits per heavy atom. The molecule has 4 rings (SSSR count). The van der Waals surface area contributed by atoms with Crippen molar-refractivity contribution in [1.82, 2.24) is 4.90 Å². The number of halogens is 2. The predicted molar refractivity (Wildman–Crippen MR) is 134 cm³/mol. The summed E-state index contributed by atoms with van der Waals surface area (Å²) < 4.78 is 51.2. The molecule has 2 heterocycles. The second-order valence-corrected chi connectivity index (χ2v) is 10.2. The fourth-order valence-corrected chi connectivity index (χ4v) is 5.78. The first-order valence-electron chi connectivity index (χ1n) is 11.6. The molecule has 0 bridgehead atoms. The first-order chi connectivity index (χ1) is 17.0. The molecular weight excluding hydrogens is 474 g/mol. The van der Waals surface area contributed by atoms with Crippen molar-refractivity contribution in [3.8, 4) is 0 Å². The van der Waals surface area contributed by atoms with Gasteiger partial charge in [0.25, 0.3) is 6.43 Å². The van der Waals surface area contributed by atoms with Gasteiger partial charge in [0, 0.05) is 18.0 Å². The average molecular weight is 505 g/mol. The number of benzene rings is 2. The Balaban J connectivity index is 1.46. The van der Waals surface area contributed by atoms with E-state index >= 15 is 0 Å². The number of hydrogen-bond acceptors (Lipinski definition) is 6. The lowest BCUT2D eigenvalue weighted by atomic mass is 10.1. The summed E-state index contributed by atoms with van der Waals surface area (Å²) in [6.45, 7) is 6.39. The summed E-state index contributed by atoms with van der Waals surface area (Å²) in [5, 5.41) is 7.21. The molecule has 2 fully saturated rings. The van der Waals surface area contributed by atoms with Crippen LogP contribution >= 0.6 is 0 Å². The van der Waals surface area contributed by atoms with Crippen LogP contribution in [-0.2, 0) is 27.0 Å². The third kappa shape index (κ3) is 6.71. The number of likely N-dealkylation sites (tertiary alicyclic amines) is 1. The third-order valence-corrected chi connectivity index (χ3v) is 8.01. The summed E-state index contributed by atoms with van der Waals surface area (Å²) in [4.78, 5) is 2.44. The predicted octanol–water partition coefficient (Wildman–Crippen LogP) is 3.86. The van der Waals surface area contributed by atoms with Gasteiger partial charge in [0.2, 0.25) is 5.90 Å². The molecule has 7 nitrogen and oxygen atoms in total. The summed E-state index contributed by atoms with van der Waals surface area (Å²) in [6, 6.07) is 17.4. The monoisotopic (exact) mass is 504 g/mol. The van der Waals surface area contributed by atoms with Gasteiger partial charge in [-0.15, -0.1) is 5.10 Å². The van der Waals surface area contributed by atoms with E-state index in [-0.39, 0.29) is 11.1 Å². The van der Waals surface area contributed by atoms with E-state index in [1.807, 2.05) is 46.8 Å². The molecule has 0 N–H and O–H groups in total. The van der Waals surface area contributed by atoms with Gasteiger partial charge in [0.1, 0.15) is 11.0 Å². The van der Waals surface area contributed by atoms with E-state index in [9.17, 15) is 13.0 Å². The van der Waals surface area contributed by atoms with Crippen LogP contribution in [0, 0.1) is 0 Å². The largest absolute Gasteiger partial charge is 0.470 e. The van der Waals surface area contributed by atoms with Gasteiger partial charge in [0.15, 0.2) is 6.61 Å². The highest BCUT2D eigenvalue weighted by molar-refractivity contribution is 7.87.